The highest BCUT2D eigenvalue weighted by atomic mass is 16.5. The monoisotopic (exact) mass is 522 g/mol. The van der Waals surface area contributed by atoms with Crippen LogP contribution in [0.1, 0.15) is 34.0 Å². The van der Waals surface area contributed by atoms with E-state index in [4.69, 9.17) is 4.74 Å². The lowest BCUT2D eigenvalue weighted by Crippen LogP contribution is -2.47. The number of hydrogen-bond acceptors (Lipinski definition) is 5. The Kier molecular flexibility index (Phi) is 7.32. The second kappa shape index (κ2) is 11.3. The Morgan fingerprint density at radius 3 is 2.44 bits per heavy atom. The van der Waals surface area contributed by atoms with Gasteiger partial charge in [0.1, 0.15) is 12.0 Å². The molecule has 0 aliphatic carbocycles. The largest absolute Gasteiger partial charge is 0.492 e. The van der Waals surface area contributed by atoms with E-state index in [-0.39, 0.29) is 23.8 Å². The minimum atomic E-state index is -0.338. The summed E-state index contributed by atoms with van der Waals surface area (Å²) in [4.78, 5) is 33.2. The number of piperazine rings is 1. The van der Waals surface area contributed by atoms with Crippen LogP contribution in [0.25, 0.3) is 0 Å². The molecule has 2 unspecified atom stereocenters. The molecule has 200 valence electrons. The lowest BCUT2D eigenvalue weighted by molar-refractivity contribution is -0.124. The average Bonchev–Trinajstić information content (AvgIpc) is 3.49. The van der Waals surface area contributed by atoms with Gasteiger partial charge in [-0.15, -0.1) is 0 Å². The molecule has 0 radical (unpaired) electrons. The van der Waals surface area contributed by atoms with Crippen LogP contribution in [-0.4, -0.2) is 56.0 Å². The third-order valence-electron chi connectivity index (χ3n) is 7.89. The standard InChI is InChI=1S/C32H34N4O3/c37-31(33-15-7-16-34-17-19-35(20-18-34)26-10-5-2-6-11-26)25-12-13-27-29(22-25)36(23-24-8-3-1-4-9-24)32(38)28-14-21-39-30(27)28/h1-6,8-14,21-22,28,30H,7,15-20,23H2,(H,33,37). The second-order valence-electron chi connectivity index (χ2n) is 10.4. The van der Waals surface area contributed by atoms with Crippen LogP contribution in [0, 0.1) is 5.92 Å². The highest BCUT2D eigenvalue weighted by Gasteiger charge is 2.42. The first kappa shape index (κ1) is 25.2. The first-order chi connectivity index (χ1) is 19.2. The van der Waals surface area contributed by atoms with Crippen molar-refractivity contribution < 1.29 is 14.3 Å². The SMILES string of the molecule is O=C(NCCCN1CCN(c2ccccc2)CC1)c1ccc2c(c1)N(Cc1ccccc1)C(=O)C1C=COC21. The van der Waals surface area contributed by atoms with E-state index in [1.807, 2.05) is 54.6 Å². The molecule has 2 amide bonds. The van der Waals surface area contributed by atoms with Crippen LogP contribution in [0.15, 0.2) is 91.2 Å². The number of amides is 2. The summed E-state index contributed by atoms with van der Waals surface area (Å²) in [6, 6.07) is 26.1. The number of carbonyl (C=O) groups is 2. The zero-order valence-electron chi connectivity index (χ0n) is 22.0. The minimum absolute atomic E-state index is 0.00461. The van der Waals surface area contributed by atoms with E-state index in [0.717, 1.165) is 56.0 Å². The number of rotatable bonds is 8. The van der Waals surface area contributed by atoms with Crippen molar-refractivity contribution in [2.45, 2.75) is 19.1 Å². The fourth-order valence-electron chi connectivity index (χ4n) is 5.74. The van der Waals surface area contributed by atoms with Gasteiger partial charge < -0.3 is 19.9 Å². The van der Waals surface area contributed by atoms with Crippen LogP contribution < -0.4 is 15.1 Å². The van der Waals surface area contributed by atoms with Crippen molar-refractivity contribution >= 4 is 23.2 Å². The van der Waals surface area contributed by atoms with Crippen molar-refractivity contribution in [3.8, 4) is 0 Å². The van der Waals surface area contributed by atoms with Crippen LogP contribution in [0.3, 0.4) is 0 Å². The van der Waals surface area contributed by atoms with Gasteiger partial charge in [-0.2, -0.15) is 0 Å². The third-order valence-corrected chi connectivity index (χ3v) is 7.89. The smallest absolute Gasteiger partial charge is 0.251 e. The molecule has 0 aromatic heterocycles. The number of nitrogens with zero attached hydrogens (tertiary/aromatic N) is 3. The molecule has 7 nitrogen and oxygen atoms in total. The van der Waals surface area contributed by atoms with Gasteiger partial charge in [0.15, 0.2) is 0 Å². The number of nitrogens with one attached hydrogen (secondary N) is 1. The van der Waals surface area contributed by atoms with Crippen molar-refractivity contribution in [3.05, 3.63) is 108 Å². The van der Waals surface area contributed by atoms with Gasteiger partial charge in [-0.1, -0.05) is 54.6 Å². The summed E-state index contributed by atoms with van der Waals surface area (Å²) in [5.41, 5.74) is 4.56. The first-order valence-electron chi connectivity index (χ1n) is 13.8. The van der Waals surface area contributed by atoms with E-state index >= 15 is 0 Å². The van der Waals surface area contributed by atoms with E-state index in [1.165, 1.54) is 5.69 Å². The van der Waals surface area contributed by atoms with Crippen LogP contribution in [0.4, 0.5) is 11.4 Å². The molecule has 2 atom stereocenters. The van der Waals surface area contributed by atoms with E-state index in [1.54, 1.807) is 11.2 Å². The van der Waals surface area contributed by atoms with Gasteiger partial charge in [-0.05, 0) is 48.9 Å². The maximum absolute atomic E-state index is 13.4. The molecule has 1 N–H and O–H groups in total. The molecule has 6 rings (SSSR count). The topological polar surface area (TPSA) is 65.1 Å². The number of carbonyl (C=O) groups excluding carboxylic acids is 2. The van der Waals surface area contributed by atoms with Crippen LogP contribution >= 0.6 is 0 Å². The van der Waals surface area contributed by atoms with Crippen LogP contribution in [-0.2, 0) is 16.1 Å². The van der Waals surface area contributed by atoms with E-state index < -0.39 is 0 Å². The lowest BCUT2D eigenvalue weighted by Gasteiger charge is -2.36. The van der Waals surface area contributed by atoms with E-state index in [9.17, 15) is 9.59 Å². The summed E-state index contributed by atoms with van der Waals surface area (Å²) in [5, 5.41) is 3.08. The highest BCUT2D eigenvalue weighted by molar-refractivity contribution is 6.02. The molecular formula is C32H34N4O3. The minimum Gasteiger partial charge on any atom is -0.492 e. The summed E-state index contributed by atoms with van der Waals surface area (Å²) < 4.78 is 5.79. The second-order valence-corrected chi connectivity index (χ2v) is 10.4. The molecule has 3 aromatic rings. The van der Waals surface area contributed by atoms with E-state index in [0.29, 0.717) is 18.7 Å². The molecule has 1 saturated heterocycles. The van der Waals surface area contributed by atoms with E-state index in [2.05, 4.69) is 45.4 Å². The fourth-order valence-corrected chi connectivity index (χ4v) is 5.74. The van der Waals surface area contributed by atoms with Crippen LogP contribution in [0.5, 0.6) is 0 Å². The summed E-state index contributed by atoms with van der Waals surface area (Å²) in [7, 11) is 0. The molecular weight excluding hydrogens is 488 g/mol. The summed E-state index contributed by atoms with van der Waals surface area (Å²) in [5.74, 6) is -0.461. The number of hydrogen-bond donors (Lipinski definition) is 1. The third kappa shape index (κ3) is 5.40. The van der Waals surface area contributed by atoms with Gasteiger partial charge in [0.2, 0.25) is 5.91 Å². The molecule has 3 heterocycles. The Bertz CT molecular complexity index is 1340. The van der Waals surface area contributed by atoms with Gasteiger partial charge >= 0.3 is 0 Å². The molecule has 7 heteroatoms. The van der Waals surface area contributed by atoms with Gasteiger partial charge in [0.05, 0.1) is 18.5 Å². The molecule has 39 heavy (non-hydrogen) atoms. The lowest BCUT2D eigenvalue weighted by atomic mass is 9.88. The number of para-hydroxylation sites is 1. The molecule has 0 spiro atoms. The van der Waals surface area contributed by atoms with Crippen molar-refractivity contribution in [1.29, 1.82) is 0 Å². The predicted molar refractivity (Wildman–Crippen MR) is 153 cm³/mol. The Hall–Kier alpha value is -4.10. The Morgan fingerprint density at radius 2 is 1.67 bits per heavy atom. The number of benzene rings is 3. The quantitative estimate of drug-likeness (QED) is 0.445. The van der Waals surface area contributed by atoms with Crippen molar-refractivity contribution in [2.75, 3.05) is 49.1 Å². The maximum Gasteiger partial charge on any atom is 0.251 e. The molecule has 3 aromatic carbocycles. The van der Waals surface area contributed by atoms with Gasteiger partial charge in [-0.3, -0.25) is 14.5 Å². The first-order valence-corrected chi connectivity index (χ1v) is 13.8. The molecule has 0 bridgehead atoms. The molecule has 3 aliphatic heterocycles. The Balaban J connectivity index is 1.06. The molecule has 3 aliphatic rings. The van der Waals surface area contributed by atoms with Crippen molar-refractivity contribution in [2.24, 2.45) is 5.92 Å². The number of anilines is 2. The highest BCUT2D eigenvalue weighted by Crippen LogP contribution is 2.44. The average molecular weight is 523 g/mol. The summed E-state index contributed by atoms with van der Waals surface area (Å²) in [6.45, 7) is 6.11. The number of fused-ring (bicyclic) bond motifs is 3. The van der Waals surface area contributed by atoms with Gasteiger partial charge in [0, 0.05) is 49.5 Å². The van der Waals surface area contributed by atoms with Crippen molar-refractivity contribution in [1.82, 2.24) is 10.2 Å². The van der Waals surface area contributed by atoms with Gasteiger partial charge in [0.25, 0.3) is 5.91 Å². The molecule has 1 fully saturated rings. The van der Waals surface area contributed by atoms with Crippen molar-refractivity contribution in [3.63, 3.8) is 0 Å². The predicted octanol–water partition coefficient (Wildman–Crippen LogP) is 4.38. The molecule has 0 saturated carbocycles. The normalized spacial score (nSPS) is 20.4. The van der Waals surface area contributed by atoms with Crippen LogP contribution in [0.2, 0.25) is 0 Å². The fraction of sp³-hybridized carbons (Fsp3) is 0.312. The summed E-state index contributed by atoms with van der Waals surface area (Å²) >= 11 is 0. The maximum atomic E-state index is 13.4. The summed E-state index contributed by atoms with van der Waals surface area (Å²) in [6.07, 6.45) is 4.00. The zero-order valence-corrected chi connectivity index (χ0v) is 22.0. The number of ether oxygens (including phenoxy) is 1. The Labute approximate surface area is 229 Å². The zero-order chi connectivity index (χ0) is 26.6. The Morgan fingerprint density at radius 1 is 0.923 bits per heavy atom. The van der Waals surface area contributed by atoms with Gasteiger partial charge in [-0.25, -0.2) is 0 Å².